The number of hydrogen-bond acceptors (Lipinski definition) is 5. The van der Waals surface area contributed by atoms with Crippen molar-refractivity contribution < 1.29 is 14.3 Å². The molecule has 144 valence electrons. The number of ether oxygens (including phenoxy) is 2. The molecule has 0 aromatic heterocycles. The van der Waals surface area contributed by atoms with Crippen molar-refractivity contribution in [1.29, 1.82) is 5.26 Å². The first-order valence-corrected chi connectivity index (χ1v) is 9.00. The first-order valence-electron chi connectivity index (χ1n) is 9.00. The van der Waals surface area contributed by atoms with Gasteiger partial charge in [0.1, 0.15) is 11.8 Å². The molecule has 5 heteroatoms. The van der Waals surface area contributed by atoms with E-state index in [2.05, 4.69) is 23.2 Å². The Bertz CT molecular complexity index is 898. The molecule has 0 saturated heterocycles. The molecule has 0 saturated carbocycles. The SMILES string of the molecule is CCOC(=O)C(C)(C)C(C#Cc1ccc(C#N)cc1)Nc1ccc(OC)cc1. The van der Waals surface area contributed by atoms with E-state index in [-0.39, 0.29) is 5.97 Å². The quantitative estimate of drug-likeness (QED) is 0.610. The molecule has 0 aliphatic carbocycles. The Balaban J connectivity index is 2.33. The summed E-state index contributed by atoms with van der Waals surface area (Å²) >= 11 is 0. The number of carbonyl (C=O) groups excluding carboxylic acids is 1. The van der Waals surface area contributed by atoms with Crippen LogP contribution in [-0.4, -0.2) is 25.7 Å². The molecule has 0 aliphatic heterocycles. The minimum absolute atomic E-state index is 0.306. The Kier molecular flexibility index (Phi) is 7.07. The van der Waals surface area contributed by atoms with Gasteiger partial charge in [0, 0.05) is 11.3 Å². The lowest BCUT2D eigenvalue weighted by Crippen LogP contribution is -2.42. The Labute approximate surface area is 166 Å². The summed E-state index contributed by atoms with van der Waals surface area (Å²) in [6.45, 7) is 5.70. The second kappa shape index (κ2) is 9.48. The molecule has 0 fully saturated rings. The van der Waals surface area contributed by atoms with E-state index in [9.17, 15) is 4.79 Å². The highest BCUT2D eigenvalue weighted by atomic mass is 16.5. The molecule has 0 heterocycles. The van der Waals surface area contributed by atoms with Crippen molar-refractivity contribution in [3.63, 3.8) is 0 Å². The summed E-state index contributed by atoms with van der Waals surface area (Å²) in [6, 6.07) is 16.0. The van der Waals surface area contributed by atoms with Crippen LogP contribution < -0.4 is 10.1 Å². The van der Waals surface area contributed by atoms with E-state index in [4.69, 9.17) is 14.7 Å². The van der Waals surface area contributed by atoms with E-state index in [1.165, 1.54) is 0 Å². The van der Waals surface area contributed by atoms with Gasteiger partial charge in [-0.05, 0) is 69.3 Å². The number of nitrogens with zero attached hydrogens (tertiary/aromatic N) is 1. The fourth-order valence-electron chi connectivity index (χ4n) is 2.47. The van der Waals surface area contributed by atoms with Gasteiger partial charge in [-0.3, -0.25) is 4.79 Å². The fraction of sp³-hybridized carbons (Fsp3) is 0.304. The predicted molar refractivity (Wildman–Crippen MR) is 109 cm³/mol. The third-order valence-electron chi connectivity index (χ3n) is 4.30. The van der Waals surface area contributed by atoms with Crippen molar-refractivity contribution in [3.8, 4) is 23.7 Å². The zero-order chi connectivity index (χ0) is 20.6. The number of rotatable bonds is 6. The maximum Gasteiger partial charge on any atom is 0.314 e. The minimum atomic E-state index is -0.879. The van der Waals surface area contributed by atoms with Crippen LogP contribution >= 0.6 is 0 Å². The van der Waals surface area contributed by atoms with E-state index in [1.54, 1.807) is 52.1 Å². The summed E-state index contributed by atoms with van der Waals surface area (Å²) in [6.07, 6.45) is 0. The summed E-state index contributed by atoms with van der Waals surface area (Å²) in [7, 11) is 1.61. The van der Waals surface area contributed by atoms with Gasteiger partial charge in [-0.2, -0.15) is 5.26 Å². The standard InChI is InChI=1S/C23H24N2O3/c1-5-28-22(26)23(2,3)21(25-19-11-13-20(27-4)14-12-19)15-10-17-6-8-18(16-24)9-7-17/h6-9,11-14,21,25H,5H2,1-4H3. The molecular weight excluding hydrogens is 352 g/mol. The Morgan fingerprint density at radius 1 is 1.11 bits per heavy atom. The van der Waals surface area contributed by atoms with Gasteiger partial charge in [-0.25, -0.2) is 0 Å². The molecule has 2 aromatic rings. The van der Waals surface area contributed by atoms with E-state index in [1.807, 2.05) is 24.3 Å². The van der Waals surface area contributed by atoms with Crippen LogP contribution in [0.2, 0.25) is 0 Å². The third-order valence-corrected chi connectivity index (χ3v) is 4.30. The largest absolute Gasteiger partial charge is 0.497 e. The lowest BCUT2D eigenvalue weighted by molar-refractivity contribution is -0.153. The van der Waals surface area contributed by atoms with Gasteiger partial charge in [0.2, 0.25) is 0 Å². The van der Waals surface area contributed by atoms with Crippen molar-refractivity contribution in [2.75, 3.05) is 19.0 Å². The van der Waals surface area contributed by atoms with Crippen molar-refractivity contribution in [1.82, 2.24) is 0 Å². The smallest absolute Gasteiger partial charge is 0.314 e. The molecule has 28 heavy (non-hydrogen) atoms. The average molecular weight is 376 g/mol. The number of methoxy groups -OCH3 is 1. The number of carbonyl (C=O) groups is 1. The monoisotopic (exact) mass is 376 g/mol. The topological polar surface area (TPSA) is 71.4 Å². The summed E-state index contributed by atoms with van der Waals surface area (Å²) in [5.41, 5.74) is 1.28. The van der Waals surface area contributed by atoms with Crippen molar-refractivity contribution >= 4 is 11.7 Å². The lowest BCUT2D eigenvalue weighted by atomic mass is 9.84. The molecule has 0 bridgehead atoms. The number of esters is 1. The van der Waals surface area contributed by atoms with E-state index in [0.717, 1.165) is 17.0 Å². The molecule has 2 aromatic carbocycles. The van der Waals surface area contributed by atoms with Gasteiger partial charge in [0.05, 0.1) is 30.8 Å². The molecule has 1 unspecified atom stereocenters. The Morgan fingerprint density at radius 3 is 2.25 bits per heavy atom. The Morgan fingerprint density at radius 2 is 1.71 bits per heavy atom. The number of anilines is 1. The van der Waals surface area contributed by atoms with Crippen LogP contribution in [0.15, 0.2) is 48.5 Å². The average Bonchev–Trinajstić information content (AvgIpc) is 2.72. The van der Waals surface area contributed by atoms with Gasteiger partial charge in [0.15, 0.2) is 0 Å². The number of hydrogen-bond donors (Lipinski definition) is 1. The molecule has 0 radical (unpaired) electrons. The number of benzene rings is 2. The lowest BCUT2D eigenvalue weighted by Gasteiger charge is -2.30. The highest BCUT2D eigenvalue weighted by Crippen LogP contribution is 2.27. The maximum absolute atomic E-state index is 12.5. The van der Waals surface area contributed by atoms with Crippen molar-refractivity contribution in [2.24, 2.45) is 5.41 Å². The van der Waals surface area contributed by atoms with E-state index < -0.39 is 11.5 Å². The van der Waals surface area contributed by atoms with Crippen LogP contribution in [0.3, 0.4) is 0 Å². The maximum atomic E-state index is 12.5. The minimum Gasteiger partial charge on any atom is -0.497 e. The van der Waals surface area contributed by atoms with Crippen LogP contribution in [0.5, 0.6) is 5.75 Å². The van der Waals surface area contributed by atoms with Crippen LogP contribution in [0, 0.1) is 28.6 Å². The zero-order valence-electron chi connectivity index (χ0n) is 16.6. The molecular formula is C23H24N2O3. The zero-order valence-corrected chi connectivity index (χ0v) is 16.6. The second-order valence-electron chi connectivity index (χ2n) is 6.71. The molecule has 0 spiro atoms. The normalized spacial score (nSPS) is 11.4. The highest BCUT2D eigenvalue weighted by molar-refractivity contribution is 5.78. The predicted octanol–water partition coefficient (Wildman–Crippen LogP) is 3.99. The summed E-state index contributed by atoms with van der Waals surface area (Å²) < 4.78 is 10.4. The van der Waals surface area contributed by atoms with Gasteiger partial charge >= 0.3 is 5.97 Å². The molecule has 0 aliphatic rings. The van der Waals surface area contributed by atoms with Crippen LogP contribution in [0.1, 0.15) is 31.9 Å². The second-order valence-corrected chi connectivity index (χ2v) is 6.71. The first kappa shape index (κ1) is 20.9. The molecule has 1 atom stereocenters. The summed E-state index contributed by atoms with van der Waals surface area (Å²) in [5, 5.41) is 12.2. The van der Waals surface area contributed by atoms with Crippen molar-refractivity contribution in [3.05, 3.63) is 59.7 Å². The van der Waals surface area contributed by atoms with Crippen molar-refractivity contribution in [2.45, 2.75) is 26.8 Å². The van der Waals surface area contributed by atoms with Gasteiger partial charge in [-0.1, -0.05) is 11.8 Å². The van der Waals surface area contributed by atoms with Gasteiger partial charge in [-0.15, -0.1) is 0 Å². The first-order chi connectivity index (χ1) is 13.4. The molecule has 1 N–H and O–H groups in total. The van der Waals surface area contributed by atoms with Crippen LogP contribution in [0.25, 0.3) is 0 Å². The Hall–Kier alpha value is -3.44. The van der Waals surface area contributed by atoms with E-state index >= 15 is 0 Å². The van der Waals surface area contributed by atoms with Crippen LogP contribution in [-0.2, 0) is 9.53 Å². The number of nitrogens with one attached hydrogen (secondary N) is 1. The van der Waals surface area contributed by atoms with Crippen LogP contribution in [0.4, 0.5) is 5.69 Å². The summed E-state index contributed by atoms with van der Waals surface area (Å²) in [4.78, 5) is 12.5. The molecule has 0 amide bonds. The third kappa shape index (κ3) is 5.28. The number of nitriles is 1. The van der Waals surface area contributed by atoms with Gasteiger partial charge < -0.3 is 14.8 Å². The fourth-order valence-corrected chi connectivity index (χ4v) is 2.47. The summed E-state index contributed by atoms with van der Waals surface area (Å²) in [5.74, 6) is 6.66. The highest BCUT2D eigenvalue weighted by Gasteiger charge is 2.37. The molecule has 5 nitrogen and oxygen atoms in total. The van der Waals surface area contributed by atoms with E-state index in [0.29, 0.717) is 12.2 Å². The molecule has 2 rings (SSSR count). The van der Waals surface area contributed by atoms with Gasteiger partial charge in [0.25, 0.3) is 0 Å².